The largest absolute Gasteiger partial charge is 0.495 e. The lowest BCUT2D eigenvalue weighted by Gasteiger charge is -2.17. The Morgan fingerprint density at radius 2 is 1.88 bits per heavy atom. The monoisotopic (exact) mass is 404 g/mol. The third-order valence-electron chi connectivity index (χ3n) is 5.30. The number of nitrogens with one attached hydrogen (secondary N) is 1. The van der Waals surface area contributed by atoms with E-state index < -0.39 is 5.91 Å². The molecular formula is C18H17BrN2O4. The highest BCUT2D eigenvalue weighted by molar-refractivity contribution is 9.10. The van der Waals surface area contributed by atoms with E-state index in [1.807, 2.05) is 12.2 Å². The average Bonchev–Trinajstić information content (AvgIpc) is 3.25. The third-order valence-corrected chi connectivity index (χ3v) is 5.79. The molecule has 3 aliphatic rings. The van der Waals surface area contributed by atoms with Crippen LogP contribution in [0.5, 0.6) is 5.75 Å². The lowest BCUT2D eigenvalue weighted by atomic mass is 9.85. The number of amides is 3. The Balaban J connectivity index is 1.48. The number of fused-ring (bicyclic) bond motifs is 5. The van der Waals surface area contributed by atoms with E-state index in [1.54, 1.807) is 18.2 Å². The number of ether oxygens (including phenoxy) is 1. The first-order chi connectivity index (χ1) is 12.0. The molecule has 4 atom stereocenters. The summed E-state index contributed by atoms with van der Waals surface area (Å²) in [4.78, 5) is 38.7. The van der Waals surface area contributed by atoms with Crippen LogP contribution in [-0.2, 0) is 14.4 Å². The first-order valence-electron chi connectivity index (χ1n) is 8.16. The minimum Gasteiger partial charge on any atom is -0.495 e. The van der Waals surface area contributed by atoms with Crippen molar-refractivity contribution in [2.45, 2.75) is 6.42 Å². The summed E-state index contributed by atoms with van der Waals surface area (Å²) in [6.45, 7) is -0.264. The predicted octanol–water partition coefficient (Wildman–Crippen LogP) is 2.20. The Kier molecular flexibility index (Phi) is 3.91. The maximum Gasteiger partial charge on any atom is 0.244 e. The van der Waals surface area contributed by atoms with Gasteiger partial charge in [0.15, 0.2) is 0 Å². The van der Waals surface area contributed by atoms with Crippen molar-refractivity contribution in [2.24, 2.45) is 23.7 Å². The lowest BCUT2D eigenvalue weighted by molar-refractivity contribution is -0.143. The van der Waals surface area contributed by atoms with Gasteiger partial charge >= 0.3 is 0 Å². The summed E-state index contributed by atoms with van der Waals surface area (Å²) in [6.07, 6.45) is 4.95. The molecule has 7 heteroatoms. The van der Waals surface area contributed by atoms with Crippen LogP contribution in [0.1, 0.15) is 6.42 Å². The van der Waals surface area contributed by atoms with Gasteiger partial charge in [-0.2, -0.15) is 0 Å². The highest BCUT2D eigenvalue weighted by Gasteiger charge is 2.59. The van der Waals surface area contributed by atoms with Crippen molar-refractivity contribution in [3.63, 3.8) is 0 Å². The van der Waals surface area contributed by atoms with Gasteiger partial charge in [-0.05, 0) is 36.5 Å². The molecule has 130 valence electrons. The second kappa shape index (κ2) is 5.98. The van der Waals surface area contributed by atoms with Gasteiger partial charge in [-0.3, -0.25) is 19.3 Å². The fourth-order valence-electron chi connectivity index (χ4n) is 4.23. The highest BCUT2D eigenvalue weighted by Crippen LogP contribution is 2.52. The average molecular weight is 405 g/mol. The number of nitrogens with zero attached hydrogens (tertiary/aromatic N) is 1. The van der Waals surface area contributed by atoms with Gasteiger partial charge in [-0.25, -0.2) is 0 Å². The highest BCUT2D eigenvalue weighted by atomic mass is 79.9. The van der Waals surface area contributed by atoms with Crippen LogP contribution in [0, 0.1) is 23.7 Å². The molecule has 25 heavy (non-hydrogen) atoms. The Morgan fingerprint density at radius 3 is 2.48 bits per heavy atom. The zero-order valence-electron chi connectivity index (χ0n) is 13.6. The van der Waals surface area contributed by atoms with Gasteiger partial charge in [0, 0.05) is 4.47 Å². The molecule has 1 aromatic carbocycles. The summed E-state index contributed by atoms with van der Waals surface area (Å²) in [5.74, 6) is -0.625. The van der Waals surface area contributed by atoms with Crippen molar-refractivity contribution in [3.05, 3.63) is 34.8 Å². The SMILES string of the molecule is COc1ccc(Br)cc1NC(=O)CN1C(=O)C2C3C=CC(C3)C2C1=O. The molecule has 0 spiro atoms. The Hall–Kier alpha value is -2.15. The van der Waals surface area contributed by atoms with Gasteiger partial charge in [0.05, 0.1) is 24.6 Å². The third kappa shape index (κ3) is 2.57. The molecule has 6 nitrogen and oxygen atoms in total. The molecule has 1 heterocycles. The molecular weight excluding hydrogens is 388 g/mol. The zero-order valence-corrected chi connectivity index (χ0v) is 15.2. The second-order valence-electron chi connectivity index (χ2n) is 6.66. The smallest absolute Gasteiger partial charge is 0.244 e. The molecule has 1 saturated carbocycles. The van der Waals surface area contributed by atoms with Gasteiger partial charge in [0.2, 0.25) is 17.7 Å². The van der Waals surface area contributed by atoms with E-state index in [2.05, 4.69) is 21.2 Å². The van der Waals surface area contributed by atoms with Crippen LogP contribution in [0.15, 0.2) is 34.8 Å². The number of hydrogen-bond donors (Lipinski definition) is 1. The topological polar surface area (TPSA) is 75.7 Å². The maximum absolute atomic E-state index is 12.6. The van der Waals surface area contributed by atoms with Gasteiger partial charge in [0.25, 0.3) is 0 Å². The Morgan fingerprint density at radius 1 is 1.24 bits per heavy atom. The number of imide groups is 1. The van der Waals surface area contributed by atoms with Crippen molar-refractivity contribution < 1.29 is 19.1 Å². The number of benzene rings is 1. The minimum atomic E-state index is -0.418. The predicted molar refractivity (Wildman–Crippen MR) is 93.8 cm³/mol. The van der Waals surface area contributed by atoms with E-state index in [-0.39, 0.29) is 42.0 Å². The Labute approximate surface area is 153 Å². The van der Waals surface area contributed by atoms with E-state index >= 15 is 0 Å². The van der Waals surface area contributed by atoms with Crippen LogP contribution in [0.3, 0.4) is 0 Å². The number of anilines is 1. The van der Waals surface area contributed by atoms with Gasteiger partial charge < -0.3 is 10.1 Å². The van der Waals surface area contributed by atoms with Crippen molar-refractivity contribution in [1.82, 2.24) is 4.90 Å². The van der Waals surface area contributed by atoms with Crippen molar-refractivity contribution in [3.8, 4) is 5.75 Å². The van der Waals surface area contributed by atoms with E-state index in [9.17, 15) is 14.4 Å². The standard InChI is InChI=1S/C18H17BrN2O4/c1-25-13-5-4-11(19)7-12(13)20-14(22)8-21-17(23)15-9-2-3-10(6-9)16(15)18(21)24/h2-5,7,9-10,15-16H,6,8H2,1H3,(H,20,22). The molecule has 2 fully saturated rings. The number of carbonyl (C=O) groups is 3. The quantitative estimate of drug-likeness (QED) is 0.616. The summed E-state index contributed by atoms with van der Waals surface area (Å²) >= 11 is 3.34. The van der Waals surface area contributed by atoms with E-state index in [4.69, 9.17) is 4.74 Å². The lowest BCUT2D eigenvalue weighted by Crippen LogP contribution is -2.39. The van der Waals surface area contributed by atoms with E-state index in [1.165, 1.54) is 7.11 Å². The number of likely N-dealkylation sites (tertiary alicyclic amines) is 1. The molecule has 0 aromatic heterocycles. The molecule has 0 radical (unpaired) electrons. The number of carbonyl (C=O) groups excluding carboxylic acids is 3. The molecule has 2 bridgehead atoms. The molecule has 1 aliphatic heterocycles. The van der Waals surface area contributed by atoms with Crippen LogP contribution in [-0.4, -0.2) is 36.3 Å². The molecule has 1 aromatic rings. The molecule has 4 unspecified atom stereocenters. The first kappa shape index (κ1) is 16.3. The fourth-order valence-corrected chi connectivity index (χ4v) is 4.59. The van der Waals surface area contributed by atoms with Crippen LogP contribution in [0.4, 0.5) is 5.69 Å². The summed E-state index contributed by atoms with van der Waals surface area (Å²) in [5.41, 5.74) is 0.489. The summed E-state index contributed by atoms with van der Waals surface area (Å²) in [7, 11) is 1.51. The Bertz CT molecular complexity index is 776. The summed E-state index contributed by atoms with van der Waals surface area (Å²) in [5, 5.41) is 2.72. The summed E-state index contributed by atoms with van der Waals surface area (Å²) in [6, 6.07) is 5.23. The number of allylic oxidation sites excluding steroid dienone is 2. The first-order valence-corrected chi connectivity index (χ1v) is 8.96. The van der Waals surface area contributed by atoms with Crippen LogP contribution in [0.25, 0.3) is 0 Å². The number of methoxy groups -OCH3 is 1. The zero-order chi connectivity index (χ0) is 17.7. The van der Waals surface area contributed by atoms with E-state index in [0.717, 1.165) is 15.8 Å². The van der Waals surface area contributed by atoms with Crippen molar-refractivity contribution >= 4 is 39.3 Å². The van der Waals surface area contributed by atoms with Crippen molar-refractivity contribution in [1.29, 1.82) is 0 Å². The van der Waals surface area contributed by atoms with Crippen LogP contribution in [0.2, 0.25) is 0 Å². The molecule has 1 N–H and O–H groups in total. The second-order valence-corrected chi connectivity index (χ2v) is 7.57. The maximum atomic E-state index is 12.6. The van der Waals surface area contributed by atoms with Gasteiger partial charge in [-0.1, -0.05) is 28.1 Å². The van der Waals surface area contributed by atoms with Gasteiger partial charge in [-0.15, -0.1) is 0 Å². The van der Waals surface area contributed by atoms with E-state index in [0.29, 0.717) is 11.4 Å². The normalized spacial score (nSPS) is 29.3. The van der Waals surface area contributed by atoms with Crippen molar-refractivity contribution in [2.75, 3.05) is 19.0 Å². The molecule has 2 aliphatic carbocycles. The number of hydrogen-bond acceptors (Lipinski definition) is 4. The fraction of sp³-hybridized carbons (Fsp3) is 0.389. The van der Waals surface area contributed by atoms with Gasteiger partial charge in [0.1, 0.15) is 12.3 Å². The minimum absolute atomic E-state index is 0.143. The van der Waals surface area contributed by atoms with Crippen LogP contribution < -0.4 is 10.1 Å². The molecule has 1 saturated heterocycles. The van der Waals surface area contributed by atoms with Crippen LogP contribution >= 0.6 is 15.9 Å². The number of rotatable bonds is 4. The summed E-state index contributed by atoms with van der Waals surface area (Å²) < 4.78 is 6.01. The molecule has 3 amide bonds. The number of halogens is 1. The molecule has 4 rings (SSSR count).